The predicted octanol–water partition coefficient (Wildman–Crippen LogP) is 4.84. The minimum Gasteiger partial charge on any atom is -0.380 e. The normalized spacial score (nSPS) is 11.0. The molecule has 0 radical (unpaired) electrons. The van der Waals surface area contributed by atoms with Gasteiger partial charge in [0, 0.05) is 11.6 Å². The minimum atomic E-state index is -4.37. The second-order valence-electron chi connectivity index (χ2n) is 4.35. The van der Waals surface area contributed by atoms with Gasteiger partial charge in [-0.3, -0.25) is 0 Å². The molecular formula is C15H10ClF3N2. The number of nitrogens with one attached hydrogen (secondary N) is 1. The third kappa shape index (κ3) is 3.89. The van der Waals surface area contributed by atoms with Gasteiger partial charge in [0.05, 0.1) is 16.8 Å². The third-order valence-corrected chi connectivity index (χ3v) is 3.07. The Bertz CT molecular complexity index is 690. The number of halogens is 4. The van der Waals surface area contributed by atoms with E-state index >= 15 is 0 Å². The second-order valence-corrected chi connectivity index (χ2v) is 4.79. The Hall–Kier alpha value is -2.19. The van der Waals surface area contributed by atoms with Crippen LogP contribution >= 0.6 is 11.6 Å². The molecule has 6 heteroatoms. The van der Waals surface area contributed by atoms with E-state index in [4.69, 9.17) is 16.9 Å². The second kappa shape index (κ2) is 6.06. The van der Waals surface area contributed by atoms with Gasteiger partial charge in [-0.15, -0.1) is 0 Å². The quantitative estimate of drug-likeness (QED) is 0.880. The third-order valence-electron chi connectivity index (χ3n) is 2.84. The lowest BCUT2D eigenvalue weighted by Crippen LogP contribution is -2.07. The van der Waals surface area contributed by atoms with E-state index in [9.17, 15) is 13.2 Å². The molecule has 0 bridgehead atoms. The molecule has 0 aliphatic carbocycles. The number of benzene rings is 2. The first-order valence-corrected chi connectivity index (χ1v) is 6.37. The number of rotatable bonds is 3. The standard InChI is InChI=1S/C15H10ClF3N2/c16-13-4-5-14(11(7-13)8-20)21-9-10-2-1-3-12(6-10)15(17,18)19/h1-7,21H,9H2. The van der Waals surface area contributed by atoms with Crippen molar-refractivity contribution in [2.45, 2.75) is 12.7 Å². The average molecular weight is 311 g/mol. The smallest absolute Gasteiger partial charge is 0.380 e. The zero-order valence-electron chi connectivity index (χ0n) is 10.7. The highest BCUT2D eigenvalue weighted by Gasteiger charge is 2.30. The number of alkyl halides is 3. The molecule has 0 saturated heterocycles. The summed E-state index contributed by atoms with van der Waals surface area (Å²) in [5, 5.41) is 12.4. The van der Waals surface area contributed by atoms with Gasteiger partial charge in [-0.25, -0.2) is 0 Å². The fourth-order valence-electron chi connectivity index (χ4n) is 1.82. The van der Waals surface area contributed by atoms with Crippen LogP contribution in [-0.4, -0.2) is 0 Å². The van der Waals surface area contributed by atoms with Crippen molar-refractivity contribution in [3.63, 3.8) is 0 Å². The van der Waals surface area contributed by atoms with Gasteiger partial charge in [0.1, 0.15) is 6.07 Å². The van der Waals surface area contributed by atoms with Crippen LogP contribution in [0.1, 0.15) is 16.7 Å². The molecule has 108 valence electrons. The molecule has 0 aromatic heterocycles. The monoisotopic (exact) mass is 310 g/mol. The molecule has 21 heavy (non-hydrogen) atoms. The van der Waals surface area contributed by atoms with Crippen molar-refractivity contribution in [2.24, 2.45) is 0 Å². The molecule has 0 amide bonds. The fraction of sp³-hybridized carbons (Fsp3) is 0.133. The van der Waals surface area contributed by atoms with Crippen LogP contribution in [0.25, 0.3) is 0 Å². The summed E-state index contributed by atoms with van der Waals surface area (Å²) in [4.78, 5) is 0. The highest BCUT2D eigenvalue weighted by molar-refractivity contribution is 6.30. The summed E-state index contributed by atoms with van der Waals surface area (Å²) in [6, 6.07) is 11.7. The Morgan fingerprint density at radius 1 is 1.14 bits per heavy atom. The summed E-state index contributed by atoms with van der Waals surface area (Å²) < 4.78 is 37.8. The maximum atomic E-state index is 12.6. The number of anilines is 1. The predicted molar refractivity (Wildman–Crippen MR) is 74.9 cm³/mol. The zero-order valence-corrected chi connectivity index (χ0v) is 11.5. The van der Waals surface area contributed by atoms with E-state index in [1.807, 2.05) is 6.07 Å². The van der Waals surface area contributed by atoms with Crippen LogP contribution in [0.2, 0.25) is 5.02 Å². The number of nitrogens with zero attached hydrogens (tertiary/aromatic N) is 1. The molecule has 1 N–H and O–H groups in total. The lowest BCUT2D eigenvalue weighted by Gasteiger charge is -2.11. The molecule has 0 heterocycles. The molecule has 2 nitrogen and oxygen atoms in total. The SMILES string of the molecule is N#Cc1cc(Cl)ccc1NCc1cccc(C(F)(F)F)c1. The van der Waals surface area contributed by atoms with Gasteiger partial charge < -0.3 is 5.32 Å². The summed E-state index contributed by atoms with van der Waals surface area (Å²) in [5.74, 6) is 0. The molecule has 0 fully saturated rings. The van der Waals surface area contributed by atoms with Crippen LogP contribution in [0.4, 0.5) is 18.9 Å². The van der Waals surface area contributed by atoms with E-state index in [-0.39, 0.29) is 6.54 Å². The summed E-state index contributed by atoms with van der Waals surface area (Å²) in [6.45, 7) is 0.181. The van der Waals surface area contributed by atoms with Gasteiger partial charge in [-0.1, -0.05) is 23.7 Å². The maximum absolute atomic E-state index is 12.6. The lowest BCUT2D eigenvalue weighted by molar-refractivity contribution is -0.137. The molecule has 2 rings (SSSR count). The first-order chi connectivity index (χ1) is 9.90. The topological polar surface area (TPSA) is 35.8 Å². The summed E-state index contributed by atoms with van der Waals surface area (Å²) in [5.41, 5.74) is 0.649. The summed E-state index contributed by atoms with van der Waals surface area (Å²) in [7, 11) is 0. The average Bonchev–Trinajstić information content (AvgIpc) is 2.45. The largest absolute Gasteiger partial charge is 0.416 e. The molecule has 0 unspecified atom stereocenters. The van der Waals surface area contributed by atoms with E-state index in [1.54, 1.807) is 18.2 Å². The van der Waals surface area contributed by atoms with Gasteiger partial charge in [-0.2, -0.15) is 18.4 Å². The molecular weight excluding hydrogens is 301 g/mol. The molecule has 0 spiro atoms. The van der Waals surface area contributed by atoms with Crippen LogP contribution < -0.4 is 5.32 Å². The number of nitriles is 1. The lowest BCUT2D eigenvalue weighted by atomic mass is 10.1. The van der Waals surface area contributed by atoms with Gasteiger partial charge in [0.25, 0.3) is 0 Å². The summed E-state index contributed by atoms with van der Waals surface area (Å²) >= 11 is 5.78. The van der Waals surface area contributed by atoms with Crippen LogP contribution in [0.5, 0.6) is 0 Å². The molecule has 0 saturated carbocycles. The zero-order chi connectivity index (χ0) is 15.5. The van der Waals surface area contributed by atoms with Crippen LogP contribution in [-0.2, 0) is 12.7 Å². The highest BCUT2D eigenvalue weighted by atomic mass is 35.5. The van der Waals surface area contributed by atoms with E-state index in [2.05, 4.69) is 5.32 Å². The molecule has 0 aliphatic heterocycles. The molecule has 2 aromatic rings. The van der Waals surface area contributed by atoms with Crippen molar-refractivity contribution >= 4 is 17.3 Å². The molecule has 0 atom stereocenters. The summed E-state index contributed by atoms with van der Waals surface area (Å²) in [6.07, 6.45) is -4.37. The van der Waals surface area contributed by atoms with Crippen molar-refractivity contribution in [3.05, 3.63) is 64.2 Å². The van der Waals surface area contributed by atoms with Crippen molar-refractivity contribution in [2.75, 3.05) is 5.32 Å². The first-order valence-electron chi connectivity index (χ1n) is 6.00. The van der Waals surface area contributed by atoms with Gasteiger partial charge in [0.2, 0.25) is 0 Å². The Morgan fingerprint density at radius 3 is 2.57 bits per heavy atom. The van der Waals surface area contributed by atoms with Crippen molar-refractivity contribution in [1.82, 2.24) is 0 Å². The van der Waals surface area contributed by atoms with Gasteiger partial charge >= 0.3 is 6.18 Å². The van der Waals surface area contributed by atoms with E-state index in [1.165, 1.54) is 12.1 Å². The van der Waals surface area contributed by atoms with Crippen molar-refractivity contribution < 1.29 is 13.2 Å². The van der Waals surface area contributed by atoms with Gasteiger partial charge in [0.15, 0.2) is 0 Å². The Labute approximate surface area is 124 Å². The number of hydrogen-bond acceptors (Lipinski definition) is 2. The van der Waals surface area contributed by atoms with Crippen LogP contribution in [0.3, 0.4) is 0 Å². The first kappa shape index (κ1) is 15.2. The van der Waals surface area contributed by atoms with Crippen LogP contribution in [0.15, 0.2) is 42.5 Å². The Morgan fingerprint density at radius 2 is 1.90 bits per heavy atom. The van der Waals surface area contributed by atoms with E-state index in [0.717, 1.165) is 12.1 Å². The highest BCUT2D eigenvalue weighted by Crippen LogP contribution is 2.29. The Balaban J connectivity index is 2.16. The minimum absolute atomic E-state index is 0.181. The van der Waals surface area contributed by atoms with Gasteiger partial charge in [-0.05, 0) is 35.9 Å². The maximum Gasteiger partial charge on any atom is 0.416 e. The van der Waals surface area contributed by atoms with E-state index in [0.29, 0.717) is 21.8 Å². The fourth-order valence-corrected chi connectivity index (χ4v) is 1.99. The molecule has 2 aromatic carbocycles. The van der Waals surface area contributed by atoms with Crippen molar-refractivity contribution in [1.29, 1.82) is 5.26 Å². The van der Waals surface area contributed by atoms with Crippen LogP contribution in [0, 0.1) is 11.3 Å². The van der Waals surface area contributed by atoms with E-state index < -0.39 is 11.7 Å². The molecule has 0 aliphatic rings. The van der Waals surface area contributed by atoms with Crippen molar-refractivity contribution in [3.8, 4) is 6.07 Å². The Kier molecular flexibility index (Phi) is 4.39. The number of hydrogen-bond donors (Lipinski definition) is 1.